The summed E-state index contributed by atoms with van der Waals surface area (Å²) in [4.78, 5) is 58.4. The van der Waals surface area contributed by atoms with Gasteiger partial charge in [-0.15, -0.1) is 0 Å². The molecule has 0 saturated carbocycles. The molecule has 2 aromatic carbocycles. The number of nitrogens with zero attached hydrogens (tertiary/aromatic N) is 2. The standard InChI is InChI=1S/C29H24N2O7S/c1-6-11-37-28(35)25-16(4)30-29(39-25)31-22(17-7-9-18(10-8-17)27(34)36-5)21-23(32)19-12-14(2)15(3)13-20(19)38-24(21)26(31)33/h6-10,12-13,22H,1,11H2,2-5H3. The summed E-state index contributed by atoms with van der Waals surface area (Å²) in [6.07, 6.45) is 1.45. The van der Waals surface area contributed by atoms with E-state index < -0.39 is 23.9 Å². The largest absolute Gasteiger partial charge is 0.465 e. The highest BCUT2D eigenvalue weighted by atomic mass is 32.1. The topological polar surface area (TPSA) is 116 Å². The third kappa shape index (κ3) is 4.32. The van der Waals surface area contributed by atoms with Gasteiger partial charge in [-0.3, -0.25) is 14.5 Å². The first-order chi connectivity index (χ1) is 18.7. The first kappa shape index (κ1) is 26.1. The molecule has 5 rings (SSSR count). The number of carbonyl (C=O) groups excluding carboxylic acids is 3. The molecule has 1 amide bonds. The summed E-state index contributed by atoms with van der Waals surface area (Å²) in [6, 6.07) is 8.99. The van der Waals surface area contributed by atoms with Crippen molar-refractivity contribution < 1.29 is 28.3 Å². The van der Waals surface area contributed by atoms with Gasteiger partial charge in [-0.25, -0.2) is 14.6 Å². The molecule has 0 N–H and O–H groups in total. The molecule has 1 unspecified atom stereocenters. The van der Waals surface area contributed by atoms with Crippen molar-refractivity contribution in [2.75, 3.05) is 18.6 Å². The number of thiazole rings is 1. The normalized spacial score (nSPS) is 14.4. The van der Waals surface area contributed by atoms with Crippen LogP contribution in [0.5, 0.6) is 0 Å². The van der Waals surface area contributed by atoms with Crippen LogP contribution in [0.3, 0.4) is 0 Å². The fraction of sp³-hybridized carbons (Fsp3) is 0.207. The lowest BCUT2D eigenvalue weighted by atomic mass is 9.97. The van der Waals surface area contributed by atoms with Crippen molar-refractivity contribution in [3.63, 3.8) is 0 Å². The summed E-state index contributed by atoms with van der Waals surface area (Å²) >= 11 is 0.982. The highest BCUT2D eigenvalue weighted by molar-refractivity contribution is 7.17. The zero-order valence-electron chi connectivity index (χ0n) is 21.7. The summed E-state index contributed by atoms with van der Waals surface area (Å²) in [5.41, 5.74) is 3.19. The number of methoxy groups -OCH3 is 1. The SMILES string of the molecule is C=CCOC(=O)c1sc(N2C(=O)c3oc4cc(C)c(C)cc4c(=O)c3C2c2ccc(C(=O)OC)cc2)nc1C. The van der Waals surface area contributed by atoms with Gasteiger partial charge < -0.3 is 13.9 Å². The second kappa shape index (κ2) is 9.95. The number of benzene rings is 2. The zero-order valence-corrected chi connectivity index (χ0v) is 22.5. The Morgan fingerprint density at radius 3 is 2.46 bits per heavy atom. The maximum Gasteiger partial charge on any atom is 0.350 e. The van der Waals surface area contributed by atoms with Crippen LogP contribution < -0.4 is 10.3 Å². The van der Waals surface area contributed by atoms with Crippen molar-refractivity contribution in [3.05, 3.63) is 103 Å². The molecule has 10 heteroatoms. The Kier molecular flexibility index (Phi) is 6.65. The molecule has 4 aromatic rings. The van der Waals surface area contributed by atoms with E-state index in [1.54, 1.807) is 43.3 Å². The number of hydrogen-bond acceptors (Lipinski definition) is 9. The van der Waals surface area contributed by atoms with Gasteiger partial charge in [0.15, 0.2) is 10.6 Å². The maximum atomic E-state index is 13.9. The molecule has 0 saturated heterocycles. The highest BCUT2D eigenvalue weighted by Gasteiger charge is 2.45. The Hall–Kier alpha value is -4.57. The van der Waals surface area contributed by atoms with Gasteiger partial charge in [0.05, 0.1) is 35.4 Å². The van der Waals surface area contributed by atoms with E-state index in [0.717, 1.165) is 22.5 Å². The van der Waals surface area contributed by atoms with Crippen molar-refractivity contribution in [2.24, 2.45) is 0 Å². The second-order valence-corrected chi connectivity index (χ2v) is 10.1. The average molecular weight is 545 g/mol. The number of ether oxygens (including phenoxy) is 2. The number of anilines is 1. The van der Waals surface area contributed by atoms with E-state index in [1.807, 2.05) is 13.8 Å². The van der Waals surface area contributed by atoms with Crippen LogP contribution in [0.2, 0.25) is 0 Å². The molecular formula is C29H24N2O7S. The Balaban J connectivity index is 1.72. The minimum Gasteiger partial charge on any atom is -0.465 e. The van der Waals surface area contributed by atoms with Gasteiger partial charge in [0.2, 0.25) is 5.76 Å². The van der Waals surface area contributed by atoms with Gasteiger partial charge in [-0.2, -0.15) is 0 Å². The predicted molar refractivity (Wildman–Crippen MR) is 146 cm³/mol. The van der Waals surface area contributed by atoms with Crippen LogP contribution in [-0.4, -0.2) is 36.5 Å². The van der Waals surface area contributed by atoms with Crippen molar-refractivity contribution >= 4 is 45.3 Å². The number of carbonyl (C=O) groups is 3. The van der Waals surface area contributed by atoms with E-state index in [0.29, 0.717) is 27.8 Å². The molecule has 9 nitrogen and oxygen atoms in total. The molecule has 1 aliphatic rings. The molecule has 1 aliphatic heterocycles. The number of amides is 1. The predicted octanol–water partition coefficient (Wildman–Crippen LogP) is 5.05. The van der Waals surface area contributed by atoms with Crippen molar-refractivity contribution in [1.29, 1.82) is 0 Å². The first-order valence-corrected chi connectivity index (χ1v) is 12.8. The van der Waals surface area contributed by atoms with E-state index in [9.17, 15) is 19.2 Å². The van der Waals surface area contributed by atoms with Gasteiger partial charge >= 0.3 is 11.9 Å². The number of hydrogen-bond donors (Lipinski definition) is 0. The van der Waals surface area contributed by atoms with Crippen molar-refractivity contribution in [1.82, 2.24) is 4.98 Å². The third-order valence-electron chi connectivity index (χ3n) is 6.64. The van der Waals surface area contributed by atoms with Crippen LogP contribution in [0, 0.1) is 20.8 Å². The number of rotatable bonds is 6. The second-order valence-electron chi connectivity index (χ2n) is 9.10. The number of fused-ring (bicyclic) bond motifs is 2. The highest BCUT2D eigenvalue weighted by Crippen LogP contribution is 2.43. The van der Waals surface area contributed by atoms with Crippen molar-refractivity contribution in [3.8, 4) is 0 Å². The molecule has 39 heavy (non-hydrogen) atoms. The van der Waals surface area contributed by atoms with E-state index in [4.69, 9.17) is 13.9 Å². The van der Waals surface area contributed by atoms with Gasteiger partial charge in [0, 0.05) is 0 Å². The lowest BCUT2D eigenvalue weighted by molar-refractivity contribution is 0.0552. The Morgan fingerprint density at radius 2 is 1.79 bits per heavy atom. The molecule has 0 fully saturated rings. The molecule has 0 spiro atoms. The molecule has 1 atom stereocenters. The Morgan fingerprint density at radius 1 is 1.10 bits per heavy atom. The zero-order chi connectivity index (χ0) is 28.0. The van der Waals surface area contributed by atoms with Gasteiger partial charge in [-0.1, -0.05) is 36.1 Å². The van der Waals surface area contributed by atoms with Crippen LogP contribution in [0.15, 0.2) is 58.3 Å². The van der Waals surface area contributed by atoms with Gasteiger partial charge in [0.1, 0.15) is 17.1 Å². The van der Waals surface area contributed by atoms with E-state index >= 15 is 0 Å². The molecule has 0 aliphatic carbocycles. The number of esters is 2. The van der Waals surface area contributed by atoms with Gasteiger partial charge in [0.25, 0.3) is 5.91 Å². The van der Waals surface area contributed by atoms with Crippen LogP contribution in [0.1, 0.15) is 64.6 Å². The summed E-state index contributed by atoms with van der Waals surface area (Å²) in [7, 11) is 1.28. The quantitative estimate of drug-likeness (QED) is 0.245. The molecule has 2 aromatic heterocycles. The molecule has 0 bridgehead atoms. The summed E-state index contributed by atoms with van der Waals surface area (Å²) < 4.78 is 16.0. The van der Waals surface area contributed by atoms with Crippen LogP contribution in [0.25, 0.3) is 11.0 Å². The summed E-state index contributed by atoms with van der Waals surface area (Å²) in [6.45, 7) is 9.01. The summed E-state index contributed by atoms with van der Waals surface area (Å²) in [5, 5.41) is 0.555. The fourth-order valence-electron chi connectivity index (χ4n) is 4.53. The maximum absolute atomic E-state index is 13.9. The smallest absolute Gasteiger partial charge is 0.350 e. The first-order valence-electron chi connectivity index (χ1n) is 12.0. The Labute approximate surface area is 227 Å². The minimum absolute atomic E-state index is 0.0264. The monoisotopic (exact) mass is 544 g/mol. The van der Waals surface area contributed by atoms with E-state index in [-0.39, 0.29) is 33.4 Å². The lowest BCUT2D eigenvalue weighted by Gasteiger charge is -2.22. The molecular weight excluding hydrogens is 520 g/mol. The molecule has 198 valence electrons. The van der Waals surface area contributed by atoms with Crippen LogP contribution in [-0.2, 0) is 9.47 Å². The van der Waals surface area contributed by atoms with E-state index in [2.05, 4.69) is 11.6 Å². The third-order valence-corrected chi connectivity index (χ3v) is 7.78. The van der Waals surface area contributed by atoms with Gasteiger partial charge in [-0.05, 0) is 61.7 Å². The minimum atomic E-state index is -0.913. The average Bonchev–Trinajstić information content (AvgIpc) is 3.45. The number of aromatic nitrogens is 1. The Bertz CT molecular complexity index is 1730. The van der Waals surface area contributed by atoms with Crippen LogP contribution >= 0.6 is 11.3 Å². The summed E-state index contributed by atoms with van der Waals surface area (Å²) in [5.74, 6) is -1.77. The van der Waals surface area contributed by atoms with Crippen LogP contribution in [0.4, 0.5) is 5.13 Å². The lowest BCUT2D eigenvalue weighted by Crippen LogP contribution is -2.29. The molecule has 3 heterocycles. The molecule has 0 radical (unpaired) electrons. The number of aryl methyl sites for hydroxylation is 3. The van der Waals surface area contributed by atoms with Crippen molar-refractivity contribution in [2.45, 2.75) is 26.8 Å². The van der Waals surface area contributed by atoms with E-state index in [1.165, 1.54) is 18.1 Å². The fourth-order valence-corrected chi connectivity index (χ4v) is 5.52.